The molecule has 0 saturated carbocycles. The molecule has 1 unspecified atom stereocenters. The molecule has 0 radical (unpaired) electrons. The summed E-state index contributed by atoms with van der Waals surface area (Å²) in [5.74, 6) is 0. The summed E-state index contributed by atoms with van der Waals surface area (Å²) in [6.07, 6.45) is 7.88. The molecule has 0 amide bonds. The van der Waals surface area contributed by atoms with E-state index in [0.29, 0.717) is 6.04 Å². The van der Waals surface area contributed by atoms with Gasteiger partial charge in [-0.05, 0) is 63.8 Å². The molecule has 1 aliphatic rings. The smallest absolute Gasteiger partial charge is 0.0105 e. The zero-order chi connectivity index (χ0) is 14.0. The summed E-state index contributed by atoms with van der Waals surface area (Å²) in [6, 6.07) is 11.5. The second-order valence-electron chi connectivity index (χ2n) is 6.00. The number of nitrogens with one attached hydrogen (secondary N) is 1. The van der Waals surface area contributed by atoms with Gasteiger partial charge in [0.1, 0.15) is 0 Å². The maximum atomic E-state index is 3.73. The number of hydrogen-bond donors (Lipinski definition) is 1. The first-order chi connectivity index (χ1) is 9.88. The van der Waals surface area contributed by atoms with Gasteiger partial charge in [0.25, 0.3) is 0 Å². The van der Waals surface area contributed by atoms with E-state index in [4.69, 9.17) is 0 Å². The van der Waals surface area contributed by atoms with E-state index in [1.54, 1.807) is 0 Å². The van der Waals surface area contributed by atoms with Crippen LogP contribution in [0.1, 0.15) is 44.6 Å². The summed E-state index contributed by atoms with van der Waals surface area (Å²) in [5.41, 5.74) is 1.45. The molecule has 1 fully saturated rings. The molecular weight excluding hydrogens is 244 g/mol. The van der Waals surface area contributed by atoms with Crippen molar-refractivity contribution in [2.24, 2.45) is 0 Å². The van der Waals surface area contributed by atoms with Gasteiger partial charge in [0.2, 0.25) is 0 Å². The maximum Gasteiger partial charge on any atom is 0.0105 e. The Morgan fingerprint density at radius 2 is 1.85 bits per heavy atom. The predicted octanol–water partition coefficient (Wildman–Crippen LogP) is 3.47. The minimum Gasteiger partial charge on any atom is -0.314 e. The van der Waals surface area contributed by atoms with E-state index >= 15 is 0 Å². The summed E-state index contributed by atoms with van der Waals surface area (Å²) in [7, 11) is 0. The maximum absolute atomic E-state index is 3.73. The van der Waals surface area contributed by atoms with E-state index in [1.165, 1.54) is 57.3 Å². The second kappa shape index (κ2) is 9.15. The van der Waals surface area contributed by atoms with Gasteiger partial charge in [0.05, 0.1) is 0 Å². The van der Waals surface area contributed by atoms with Crippen molar-refractivity contribution in [2.75, 3.05) is 26.2 Å². The molecular formula is C18H30N2. The van der Waals surface area contributed by atoms with Crippen LogP contribution in [-0.2, 0) is 6.42 Å². The molecule has 1 aliphatic heterocycles. The third kappa shape index (κ3) is 5.64. The molecule has 0 bridgehead atoms. The van der Waals surface area contributed by atoms with E-state index in [-0.39, 0.29) is 0 Å². The van der Waals surface area contributed by atoms with E-state index in [2.05, 4.69) is 47.5 Å². The van der Waals surface area contributed by atoms with E-state index in [1.807, 2.05) is 0 Å². The Kier molecular flexibility index (Phi) is 7.10. The van der Waals surface area contributed by atoms with Crippen molar-refractivity contribution in [3.63, 3.8) is 0 Å². The standard InChI is InChI=1S/C18H30N2/c1-2-18(16-17-10-5-3-6-11-17)19-12-9-15-20-13-7-4-8-14-20/h3,5-6,10-11,18-19H,2,4,7-9,12-16H2,1H3. The van der Waals surface area contributed by atoms with Gasteiger partial charge in [-0.15, -0.1) is 0 Å². The molecule has 0 aromatic heterocycles. The van der Waals surface area contributed by atoms with Crippen LogP contribution < -0.4 is 5.32 Å². The van der Waals surface area contributed by atoms with Gasteiger partial charge < -0.3 is 10.2 Å². The largest absolute Gasteiger partial charge is 0.314 e. The fraction of sp³-hybridized carbons (Fsp3) is 0.667. The van der Waals surface area contributed by atoms with Crippen LogP contribution in [-0.4, -0.2) is 37.1 Å². The molecule has 1 aromatic carbocycles. The van der Waals surface area contributed by atoms with Crippen LogP contribution in [0.3, 0.4) is 0 Å². The van der Waals surface area contributed by atoms with Gasteiger partial charge in [-0.2, -0.15) is 0 Å². The first-order valence-corrected chi connectivity index (χ1v) is 8.38. The number of likely N-dealkylation sites (tertiary alicyclic amines) is 1. The average molecular weight is 274 g/mol. The summed E-state index contributed by atoms with van der Waals surface area (Å²) in [6.45, 7) is 7.35. The first kappa shape index (κ1) is 15.5. The zero-order valence-corrected chi connectivity index (χ0v) is 13.0. The average Bonchev–Trinajstić information content (AvgIpc) is 2.52. The van der Waals surface area contributed by atoms with Crippen LogP contribution >= 0.6 is 0 Å². The Balaban J connectivity index is 1.61. The lowest BCUT2D eigenvalue weighted by Gasteiger charge is -2.26. The van der Waals surface area contributed by atoms with Crippen LogP contribution in [0.25, 0.3) is 0 Å². The van der Waals surface area contributed by atoms with Gasteiger partial charge in [0, 0.05) is 6.04 Å². The van der Waals surface area contributed by atoms with Gasteiger partial charge in [-0.3, -0.25) is 0 Å². The highest BCUT2D eigenvalue weighted by Gasteiger charge is 2.10. The molecule has 112 valence electrons. The minimum atomic E-state index is 0.624. The van der Waals surface area contributed by atoms with E-state index in [9.17, 15) is 0 Å². The minimum absolute atomic E-state index is 0.624. The fourth-order valence-electron chi connectivity index (χ4n) is 3.05. The predicted molar refractivity (Wildman–Crippen MR) is 87.1 cm³/mol. The Hall–Kier alpha value is -0.860. The van der Waals surface area contributed by atoms with Crippen molar-refractivity contribution < 1.29 is 0 Å². The zero-order valence-electron chi connectivity index (χ0n) is 13.0. The van der Waals surface area contributed by atoms with Crippen molar-refractivity contribution in [1.82, 2.24) is 10.2 Å². The third-order valence-corrected chi connectivity index (χ3v) is 4.35. The van der Waals surface area contributed by atoms with Crippen molar-refractivity contribution in [3.05, 3.63) is 35.9 Å². The molecule has 0 spiro atoms. The number of benzene rings is 1. The lowest BCUT2D eigenvalue weighted by atomic mass is 10.0. The third-order valence-electron chi connectivity index (χ3n) is 4.35. The molecule has 1 N–H and O–H groups in total. The molecule has 1 aromatic rings. The molecule has 20 heavy (non-hydrogen) atoms. The Bertz CT molecular complexity index is 344. The quantitative estimate of drug-likeness (QED) is 0.730. The normalized spacial score (nSPS) is 18.1. The highest BCUT2D eigenvalue weighted by Crippen LogP contribution is 2.09. The Labute approximate surface area is 124 Å². The van der Waals surface area contributed by atoms with Crippen molar-refractivity contribution in [1.29, 1.82) is 0 Å². The van der Waals surface area contributed by atoms with Gasteiger partial charge >= 0.3 is 0 Å². The highest BCUT2D eigenvalue weighted by molar-refractivity contribution is 5.15. The van der Waals surface area contributed by atoms with E-state index in [0.717, 1.165) is 13.0 Å². The van der Waals surface area contributed by atoms with Crippen LogP contribution in [0, 0.1) is 0 Å². The monoisotopic (exact) mass is 274 g/mol. The lowest BCUT2D eigenvalue weighted by molar-refractivity contribution is 0.224. The van der Waals surface area contributed by atoms with Crippen LogP contribution in [0.4, 0.5) is 0 Å². The number of piperidine rings is 1. The van der Waals surface area contributed by atoms with E-state index < -0.39 is 0 Å². The summed E-state index contributed by atoms with van der Waals surface area (Å²) >= 11 is 0. The molecule has 1 saturated heterocycles. The van der Waals surface area contributed by atoms with Crippen molar-refractivity contribution >= 4 is 0 Å². The van der Waals surface area contributed by atoms with Gasteiger partial charge in [0.15, 0.2) is 0 Å². The molecule has 1 heterocycles. The highest BCUT2D eigenvalue weighted by atomic mass is 15.1. The molecule has 2 rings (SSSR count). The second-order valence-corrected chi connectivity index (χ2v) is 6.00. The molecule has 1 atom stereocenters. The molecule has 0 aliphatic carbocycles. The van der Waals surface area contributed by atoms with Crippen LogP contribution in [0.2, 0.25) is 0 Å². The summed E-state index contributed by atoms with van der Waals surface area (Å²) in [4.78, 5) is 2.63. The molecule has 2 nitrogen and oxygen atoms in total. The number of rotatable bonds is 8. The van der Waals surface area contributed by atoms with Crippen LogP contribution in [0.15, 0.2) is 30.3 Å². The Morgan fingerprint density at radius 3 is 2.55 bits per heavy atom. The van der Waals surface area contributed by atoms with Gasteiger partial charge in [-0.25, -0.2) is 0 Å². The first-order valence-electron chi connectivity index (χ1n) is 8.38. The van der Waals surface area contributed by atoms with Crippen LogP contribution in [0.5, 0.6) is 0 Å². The summed E-state index contributed by atoms with van der Waals surface area (Å²) in [5, 5.41) is 3.73. The SMILES string of the molecule is CCC(Cc1ccccc1)NCCCN1CCCCC1. The summed E-state index contributed by atoms with van der Waals surface area (Å²) < 4.78 is 0. The van der Waals surface area contributed by atoms with Gasteiger partial charge in [-0.1, -0.05) is 43.7 Å². The topological polar surface area (TPSA) is 15.3 Å². The number of hydrogen-bond acceptors (Lipinski definition) is 2. The number of nitrogens with zero attached hydrogens (tertiary/aromatic N) is 1. The Morgan fingerprint density at radius 1 is 1.10 bits per heavy atom. The lowest BCUT2D eigenvalue weighted by Crippen LogP contribution is -2.35. The van der Waals surface area contributed by atoms with Crippen molar-refractivity contribution in [3.8, 4) is 0 Å². The fourth-order valence-corrected chi connectivity index (χ4v) is 3.05. The van der Waals surface area contributed by atoms with Crippen molar-refractivity contribution in [2.45, 2.75) is 51.5 Å². The molecule has 2 heteroatoms.